The Hall–Kier alpha value is -2.42. The number of rotatable bonds is 5. The number of hydrogen-bond acceptors (Lipinski definition) is 6. The van der Waals surface area contributed by atoms with Gasteiger partial charge in [0.05, 0.1) is 30.7 Å². The first-order valence-electron chi connectivity index (χ1n) is 7.46. The molecule has 0 unspecified atom stereocenters. The van der Waals surface area contributed by atoms with Crippen LogP contribution in [0.15, 0.2) is 24.8 Å². The molecule has 3 rings (SSSR count). The molecule has 0 N–H and O–H groups in total. The summed E-state index contributed by atoms with van der Waals surface area (Å²) in [5.41, 5.74) is 0. The average Bonchev–Trinajstić information content (AvgIpc) is 3.24. The molecule has 0 aliphatic carbocycles. The van der Waals surface area contributed by atoms with Gasteiger partial charge in [0.15, 0.2) is 12.4 Å². The molecule has 9 heteroatoms. The van der Waals surface area contributed by atoms with Gasteiger partial charge in [-0.1, -0.05) is 5.21 Å². The van der Waals surface area contributed by atoms with Gasteiger partial charge in [-0.25, -0.2) is 4.68 Å². The molecule has 1 aliphatic heterocycles. The van der Waals surface area contributed by atoms with E-state index in [0.717, 1.165) is 0 Å². The van der Waals surface area contributed by atoms with Crippen LogP contribution in [0.4, 0.5) is 0 Å². The molecule has 2 aromatic rings. The van der Waals surface area contributed by atoms with Crippen molar-refractivity contribution in [3.63, 3.8) is 0 Å². The second-order valence-corrected chi connectivity index (χ2v) is 5.92. The Balaban J connectivity index is 1.62. The summed E-state index contributed by atoms with van der Waals surface area (Å²) in [5.74, 6) is 0.556. The molecular formula is C14H21N7O2. The average molecular weight is 319 g/mol. The molecule has 0 saturated carbocycles. The van der Waals surface area contributed by atoms with E-state index in [2.05, 4.69) is 20.3 Å². The van der Waals surface area contributed by atoms with E-state index in [1.807, 2.05) is 29.9 Å². The Morgan fingerprint density at radius 2 is 2.26 bits per heavy atom. The molecule has 1 saturated heterocycles. The minimum atomic E-state index is -0.0386. The minimum absolute atomic E-state index is 0.00984. The maximum atomic E-state index is 12.4. The molecule has 3 heterocycles. The molecule has 2 aromatic heterocycles. The largest absolute Gasteiger partial charge is 0.480 e. The first-order valence-corrected chi connectivity index (χ1v) is 7.46. The predicted molar refractivity (Wildman–Crippen MR) is 81.8 cm³/mol. The van der Waals surface area contributed by atoms with Crippen LogP contribution in [0.5, 0.6) is 5.75 Å². The van der Waals surface area contributed by atoms with E-state index in [9.17, 15) is 4.79 Å². The Kier molecular flexibility index (Phi) is 4.28. The first-order chi connectivity index (χ1) is 11.0. The van der Waals surface area contributed by atoms with Gasteiger partial charge in [0.2, 0.25) is 0 Å². The molecule has 0 bridgehead atoms. The standard InChI is InChI=1S/C14H21N7O2/c1-18(2)12-8-20(9-13(12)21-5-4-15-17-21)14(22)10-23-11-6-16-19(3)7-11/h4-7,12-13H,8-10H2,1-3H3/t12-,13+/m1/s1. The monoisotopic (exact) mass is 319 g/mol. The van der Waals surface area contributed by atoms with Crippen LogP contribution in [0.1, 0.15) is 6.04 Å². The topological polar surface area (TPSA) is 81.3 Å². The first kappa shape index (κ1) is 15.5. The van der Waals surface area contributed by atoms with Crippen molar-refractivity contribution in [3.05, 3.63) is 24.8 Å². The van der Waals surface area contributed by atoms with Crippen LogP contribution < -0.4 is 4.74 Å². The number of likely N-dealkylation sites (tertiary alicyclic amines) is 1. The van der Waals surface area contributed by atoms with Gasteiger partial charge in [0.1, 0.15) is 0 Å². The lowest BCUT2D eigenvalue weighted by Crippen LogP contribution is -2.38. The summed E-state index contributed by atoms with van der Waals surface area (Å²) >= 11 is 0. The predicted octanol–water partition coefficient (Wildman–Crippen LogP) is -0.596. The minimum Gasteiger partial charge on any atom is -0.480 e. The summed E-state index contributed by atoms with van der Waals surface area (Å²) in [6, 6.07) is 0.286. The van der Waals surface area contributed by atoms with Gasteiger partial charge in [0.25, 0.3) is 5.91 Å². The van der Waals surface area contributed by atoms with E-state index >= 15 is 0 Å². The molecule has 9 nitrogen and oxygen atoms in total. The zero-order valence-electron chi connectivity index (χ0n) is 13.5. The number of nitrogens with zero attached hydrogens (tertiary/aromatic N) is 7. The molecule has 0 spiro atoms. The molecule has 0 aromatic carbocycles. The normalized spacial score (nSPS) is 21.1. The van der Waals surface area contributed by atoms with Crippen molar-refractivity contribution in [3.8, 4) is 5.75 Å². The molecule has 1 fully saturated rings. The van der Waals surface area contributed by atoms with E-state index in [0.29, 0.717) is 18.8 Å². The van der Waals surface area contributed by atoms with E-state index < -0.39 is 0 Å². The second kappa shape index (κ2) is 6.37. The third-order valence-corrected chi connectivity index (χ3v) is 4.10. The number of likely N-dealkylation sites (N-methyl/N-ethyl adjacent to an activating group) is 1. The third kappa shape index (κ3) is 3.34. The Labute approximate surface area is 134 Å². The number of carbonyl (C=O) groups excluding carboxylic acids is 1. The number of aryl methyl sites for hydroxylation is 1. The summed E-state index contributed by atoms with van der Waals surface area (Å²) in [4.78, 5) is 16.3. The lowest BCUT2D eigenvalue weighted by Gasteiger charge is -2.24. The quantitative estimate of drug-likeness (QED) is 0.732. The fraction of sp³-hybridized carbons (Fsp3) is 0.571. The van der Waals surface area contributed by atoms with Crippen molar-refractivity contribution in [1.82, 2.24) is 34.6 Å². The van der Waals surface area contributed by atoms with Crippen LogP contribution >= 0.6 is 0 Å². The lowest BCUT2D eigenvalue weighted by atomic mass is 10.1. The molecule has 1 amide bonds. The second-order valence-electron chi connectivity index (χ2n) is 5.92. The van der Waals surface area contributed by atoms with Crippen LogP contribution in [-0.4, -0.2) is 80.3 Å². The summed E-state index contributed by atoms with van der Waals surface area (Å²) in [5, 5.41) is 12.0. The number of hydrogen-bond donors (Lipinski definition) is 0. The van der Waals surface area contributed by atoms with Crippen LogP contribution in [0, 0.1) is 0 Å². The Morgan fingerprint density at radius 1 is 1.43 bits per heavy atom. The number of amides is 1. The zero-order valence-corrected chi connectivity index (χ0v) is 13.5. The SMILES string of the molecule is CN(C)[C@@H]1CN(C(=O)COc2cnn(C)c2)C[C@@H]1n1ccnn1. The van der Waals surface area contributed by atoms with E-state index in [-0.39, 0.29) is 24.6 Å². The maximum absolute atomic E-state index is 12.4. The molecular weight excluding hydrogens is 298 g/mol. The zero-order chi connectivity index (χ0) is 16.4. The number of aromatic nitrogens is 5. The van der Waals surface area contributed by atoms with Crippen molar-refractivity contribution < 1.29 is 9.53 Å². The van der Waals surface area contributed by atoms with Gasteiger partial charge >= 0.3 is 0 Å². The lowest BCUT2D eigenvalue weighted by molar-refractivity contribution is -0.132. The van der Waals surface area contributed by atoms with Crippen molar-refractivity contribution in [2.75, 3.05) is 33.8 Å². The van der Waals surface area contributed by atoms with Crippen LogP contribution in [0.25, 0.3) is 0 Å². The van der Waals surface area contributed by atoms with Gasteiger partial charge in [-0.15, -0.1) is 5.10 Å². The van der Waals surface area contributed by atoms with E-state index in [4.69, 9.17) is 4.74 Å². The third-order valence-electron chi connectivity index (χ3n) is 4.10. The van der Waals surface area contributed by atoms with E-state index in [1.54, 1.807) is 30.3 Å². The molecule has 0 radical (unpaired) electrons. The summed E-state index contributed by atoms with van der Waals surface area (Å²) < 4.78 is 8.96. The fourth-order valence-electron chi connectivity index (χ4n) is 2.84. The molecule has 2 atom stereocenters. The van der Waals surface area contributed by atoms with Crippen LogP contribution in [-0.2, 0) is 11.8 Å². The van der Waals surface area contributed by atoms with Gasteiger partial charge in [-0.05, 0) is 14.1 Å². The van der Waals surface area contributed by atoms with E-state index in [1.165, 1.54) is 0 Å². The van der Waals surface area contributed by atoms with Gasteiger partial charge in [-0.3, -0.25) is 9.48 Å². The van der Waals surface area contributed by atoms with Gasteiger partial charge < -0.3 is 14.5 Å². The highest BCUT2D eigenvalue weighted by atomic mass is 16.5. The van der Waals surface area contributed by atoms with Gasteiger partial charge in [0, 0.05) is 26.3 Å². The van der Waals surface area contributed by atoms with Crippen molar-refractivity contribution >= 4 is 5.91 Å². The Morgan fingerprint density at radius 3 is 2.87 bits per heavy atom. The Bertz CT molecular complexity index is 652. The molecule has 23 heavy (non-hydrogen) atoms. The van der Waals surface area contributed by atoms with Crippen LogP contribution in [0.3, 0.4) is 0 Å². The highest BCUT2D eigenvalue weighted by molar-refractivity contribution is 5.78. The van der Waals surface area contributed by atoms with Crippen molar-refractivity contribution in [1.29, 1.82) is 0 Å². The summed E-state index contributed by atoms with van der Waals surface area (Å²) in [7, 11) is 5.82. The smallest absolute Gasteiger partial charge is 0.260 e. The van der Waals surface area contributed by atoms with Gasteiger partial charge in [-0.2, -0.15) is 5.10 Å². The van der Waals surface area contributed by atoms with Crippen molar-refractivity contribution in [2.45, 2.75) is 12.1 Å². The maximum Gasteiger partial charge on any atom is 0.260 e. The molecule has 124 valence electrons. The van der Waals surface area contributed by atoms with Crippen molar-refractivity contribution in [2.24, 2.45) is 7.05 Å². The van der Waals surface area contributed by atoms with Crippen LogP contribution in [0.2, 0.25) is 0 Å². The number of ether oxygens (including phenoxy) is 1. The highest BCUT2D eigenvalue weighted by Crippen LogP contribution is 2.24. The molecule has 1 aliphatic rings. The number of carbonyl (C=O) groups is 1. The summed E-state index contributed by atoms with van der Waals surface area (Å²) in [6.45, 7) is 1.25. The summed E-state index contributed by atoms with van der Waals surface area (Å²) in [6.07, 6.45) is 6.82. The highest BCUT2D eigenvalue weighted by Gasteiger charge is 2.38. The fourth-order valence-corrected chi connectivity index (χ4v) is 2.84.